The van der Waals surface area contributed by atoms with Gasteiger partial charge in [0, 0.05) is 24.0 Å². The monoisotopic (exact) mass is 647 g/mol. The number of aryl methyl sites for hydroxylation is 1. The molecule has 45 heavy (non-hydrogen) atoms. The number of benzene rings is 4. The molecule has 4 aromatic carbocycles. The zero-order chi connectivity index (χ0) is 32.6. The minimum Gasteiger partial charge on any atom is -0.497 e. The third-order valence-electron chi connectivity index (χ3n) is 7.18. The van der Waals surface area contributed by atoms with Crippen molar-refractivity contribution in [3.63, 3.8) is 0 Å². The molecule has 0 saturated carbocycles. The maximum Gasteiger partial charge on any atom is 0.264 e. The van der Waals surface area contributed by atoms with Gasteiger partial charge in [0.25, 0.3) is 10.0 Å². The van der Waals surface area contributed by atoms with Crippen LogP contribution in [0.5, 0.6) is 5.75 Å². The number of rotatable bonds is 13. The molecule has 10 heteroatoms. The standard InChI is InChI=1S/C35H38ClN3O5S/c1-25(2)37-35(41)33(22-27-10-6-5-7-11-27)38(23-28-12-8-9-26(3)21-28)34(40)24-39(30-15-13-29(36)14-16-30)45(42,43)32-19-17-31(44-4)18-20-32/h5-21,25,33H,22-24H2,1-4H3,(H,37,41). The first-order valence-electron chi connectivity index (χ1n) is 14.6. The number of nitrogens with zero attached hydrogens (tertiary/aromatic N) is 2. The predicted octanol–water partition coefficient (Wildman–Crippen LogP) is 6.02. The predicted molar refractivity (Wildman–Crippen MR) is 178 cm³/mol. The third kappa shape index (κ3) is 8.86. The van der Waals surface area contributed by atoms with Gasteiger partial charge >= 0.3 is 0 Å². The van der Waals surface area contributed by atoms with Crippen molar-refractivity contribution in [1.29, 1.82) is 0 Å². The quantitative estimate of drug-likeness (QED) is 0.192. The highest BCUT2D eigenvalue weighted by Crippen LogP contribution is 2.27. The van der Waals surface area contributed by atoms with E-state index in [9.17, 15) is 18.0 Å². The Hall–Kier alpha value is -4.34. The van der Waals surface area contributed by atoms with E-state index in [0.29, 0.717) is 10.8 Å². The molecule has 0 aliphatic heterocycles. The smallest absolute Gasteiger partial charge is 0.264 e. The van der Waals surface area contributed by atoms with Crippen LogP contribution in [0, 0.1) is 6.92 Å². The number of hydrogen-bond acceptors (Lipinski definition) is 5. The van der Waals surface area contributed by atoms with E-state index in [4.69, 9.17) is 16.3 Å². The molecule has 0 aliphatic carbocycles. The van der Waals surface area contributed by atoms with Crippen LogP contribution in [0.2, 0.25) is 5.02 Å². The Morgan fingerprint density at radius 2 is 1.51 bits per heavy atom. The van der Waals surface area contributed by atoms with Gasteiger partial charge < -0.3 is 15.0 Å². The topological polar surface area (TPSA) is 96.0 Å². The number of carbonyl (C=O) groups is 2. The molecular formula is C35H38ClN3O5S. The van der Waals surface area contributed by atoms with E-state index in [0.717, 1.165) is 21.0 Å². The summed E-state index contributed by atoms with van der Waals surface area (Å²) in [7, 11) is -2.74. The Bertz CT molecular complexity index is 1700. The number of hydrogen-bond donors (Lipinski definition) is 1. The van der Waals surface area contributed by atoms with Crippen LogP contribution in [0.25, 0.3) is 0 Å². The summed E-state index contributed by atoms with van der Waals surface area (Å²) in [5.41, 5.74) is 2.93. The maximum atomic E-state index is 14.5. The van der Waals surface area contributed by atoms with Crippen molar-refractivity contribution in [3.8, 4) is 5.75 Å². The lowest BCUT2D eigenvalue weighted by molar-refractivity contribution is -0.140. The fourth-order valence-corrected chi connectivity index (χ4v) is 6.49. The molecule has 1 N–H and O–H groups in total. The zero-order valence-electron chi connectivity index (χ0n) is 25.8. The summed E-state index contributed by atoms with van der Waals surface area (Å²) < 4.78 is 34.5. The Kier molecular flexibility index (Phi) is 11.3. The van der Waals surface area contributed by atoms with Crippen LogP contribution >= 0.6 is 11.6 Å². The molecular weight excluding hydrogens is 610 g/mol. The van der Waals surface area contributed by atoms with Crippen molar-refractivity contribution < 1.29 is 22.7 Å². The number of methoxy groups -OCH3 is 1. The number of amides is 2. The van der Waals surface area contributed by atoms with Gasteiger partial charge in [0.05, 0.1) is 17.7 Å². The normalized spacial score (nSPS) is 12.0. The average molecular weight is 648 g/mol. The minimum atomic E-state index is -4.24. The van der Waals surface area contributed by atoms with Gasteiger partial charge in [0.15, 0.2) is 0 Å². The van der Waals surface area contributed by atoms with E-state index >= 15 is 0 Å². The second kappa shape index (κ2) is 15.1. The Labute approximate surface area is 270 Å². The van der Waals surface area contributed by atoms with Crippen molar-refractivity contribution >= 4 is 39.1 Å². The number of ether oxygens (including phenoxy) is 1. The van der Waals surface area contributed by atoms with Crippen molar-refractivity contribution in [2.75, 3.05) is 18.0 Å². The largest absolute Gasteiger partial charge is 0.497 e. The second-order valence-corrected chi connectivity index (χ2v) is 13.3. The van der Waals surface area contributed by atoms with Crippen LogP contribution in [-0.2, 0) is 32.6 Å². The van der Waals surface area contributed by atoms with Crippen LogP contribution in [0.1, 0.15) is 30.5 Å². The Morgan fingerprint density at radius 3 is 2.11 bits per heavy atom. The van der Waals surface area contributed by atoms with Crippen molar-refractivity contribution in [2.24, 2.45) is 0 Å². The SMILES string of the molecule is COc1ccc(S(=O)(=O)N(CC(=O)N(Cc2cccc(C)c2)C(Cc2ccccc2)C(=O)NC(C)C)c2ccc(Cl)cc2)cc1. The van der Waals surface area contributed by atoms with E-state index in [-0.39, 0.29) is 35.5 Å². The highest BCUT2D eigenvalue weighted by molar-refractivity contribution is 7.92. The molecule has 1 atom stereocenters. The zero-order valence-corrected chi connectivity index (χ0v) is 27.4. The molecule has 4 rings (SSSR count). The Morgan fingerprint density at radius 1 is 0.867 bits per heavy atom. The molecule has 2 amide bonds. The highest BCUT2D eigenvalue weighted by Gasteiger charge is 2.35. The van der Waals surface area contributed by atoms with Gasteiger partial charge in [-0.3, -0.25) is 13.9 Å². The van der Waals surface area contributed by atoms with Crippen molar-refractivity contribution in [3.05, 3.63) is 125 Å². The number of anilines is 1. The van der Waals surface area contributed by atoms with E-state index in [1.54, 1.807) is 36.4 Å². The lowest BCUT2D eigenvalue weighted by Gasteiger charge is -2.34. The minimum absolute atomic E-state index is 0.0188. The first kappa shape index (κ1) is 33.6. The summed E-state index contributed by atoms with van der Waals surface area (Å²) in [5.74, 6) is -0.374. The fourth-order valence-electron chi connectivity index (χ4n) is 4.95. The summed E-state index contributed by atoms with van der Waals surface area (Å²) in [5, 5.41) is 3.38. The summed E-state index contributed by atoms with van der Waals surface area (Å²) in [4.78, 5) is 29.7. The highest BCUT2D eigenvalue weighted by atomic mass is 35.5. The lowest BCUT2D eigenvalue weighted by atomic mass is 10.0. The van der Waals surface area contributed by atoms with Crippen LogP contribution in [-0.4, -0.2) is 50.9 Å². The molecule has 0 spiro atoms. The Balaban J connectivity index is 1.80. The van der Waals surface area contributed by atoms with Gasteiger partial charge in [-0.1, -0.05) is 71.8 Å². The van der Waals surface area contributed by atoms with Crippen molar-refractivity contribution in [2.45, 2.75) is 50.7 Å². The molecule has 236 valence electrons. The molecule has 8 nitrogen and oxygen atoms in total. The van der Waals surface area contributed by atoms with E-state index < -0.39 is 28.5 Å². The van der Waals surface area contributed by atoms with Crippen LogP contribution in [0.15, 0.2) is 108 Å². The first-order chi connectivity index (χ1) is 21.5. The molecule has 0 fully saturated rings. The van der Waals surface area contributed by atoms with Crippen LogP contribution in [0.3, 0.4) is 0 Å². The summed E-state index contributed by atoms with van der Waals surface area (Å²) in [6.07, 6.45) is 0.239. The number of sulfonamides is 1. The number of carbonyl (C=O) groups excluding carboxylic acids is 2. The van der Waals surface area contributed by atoms with Gasteiger partial charge in [-0.05, 0) is 80.4 Å². The van der Waals surface area contributed by atoms with E-state index in [2.05, 4.69) is 5.32 Å². The molecule has 0 bridgehead atoms. The van der Waals surface area contributed by atoms with Crippen LogP contribution in [0.4, 0.5) is 5.69 Å². The number of nitrogens with one attached hydrogen (secondary N) is 1. The molecule has 0 aromatic heterocycles. The van der Waals surface area contributed by atoms with Crippen LogP contribution < -0.4 is 14.4 Å². The van der Waals surface area contributed by atoms with Gasteiger partial charge in [0.2, 0.25) is 11.8 Å². The van der Waals surface area contributed by atoms with E-state index in [1.165, 1.54) is 24.1 Å². The third-order valence-corrected chi connectivity index (χ3v) is 9.22. The van der Waals surface area contributed by atoms with Gasteiger partial charge in [-0.15, -0.1) is 0 Å². The fraction of sp³-hybridized carbons (Fsp3) is 0.257. The van der Waals surface area contributed by atoms with Gasteiger partial charge in [0.1, 0.15) is 18.3 Å². The molecule has 0 radical (unpaired) electrons. The molecule has 1 unspecified atom stereocenters. The van der Waals surface area contributed by atoms with Crippen molar-refractivity contribution in [1.82, 2.24) is 10.2 Å². The lowest BCUT2D eigenvalue weighted by Crippen LogP contribution is -2.54. The average Bonchev–Trinajstić information content (AvgIpc) is 3.02. The summed E-state index contributed by atoms with van der Waals surface area (Å²) >= 11 is 6.13. The first-order valence-corrected chi connectivity index (χ1v) is 16.4. The van der Waals surface area contributed by atoms with Gasteiger partial charge in [-0.2, -0.15) is 0 Å². The molecule has 0 aliphatic rings. The number of halogens is 1. The molecule has 4 aromatic rings. The summed E-state index contributed by atoms with van der Waals surface area (Å²) in [6, 6.07) is 28.2. The summed E-state index contributed by atoms with van der Waals surface area (Å²) in [6.45, 7) is 5.21. The maximum absolute atomic E-state index is 14.5. The van der Waals surface area contributed by atoms with Gasteiger partial charge in [-0.25, -0.2) is 8.42 Å². The molecule has 0 heterocycles. The second-order valence-electron chi connectivity index (χ2n) is 11.0. The van der Waals surface area contributed by atoms with E-state index in [1.807, 2.05) is 75.4 Å². The molecule has 0 saturated heterocycles.